The second-order valence-electron chi connectivity index (χ2n) is 6.67. The number of para-hydroxylation sites is 1. The summed E-state index contributed by atoms with van der Waals surface area (Å²) < 4.78 is 5.34. The number of H-pyrrole nitrogens is 1. The van der Waals surface area contributed by atoms with Crippen molar-refractivity contribution in [3.63, 3.8) is 0 Å². The van der Waals surface area contributed by atoms with Gasteiger partial charge < -0.3 is 14.8 Å². The second kappa shape index (κ2) is 6.05. The number of aromatic hydroxyl groups is 1. The molecule has 6 heteroatoms. The van der Waals surface area contributed by atoms with Crippen molar-refractivity contribution in [1.29, 1.82) is 0 Å². The molecular formula is C19H18N2O4. The number of phenols is 1. The van der Waals surface area contributed by atoms with Crippen molar-refractivity contribution >= 4 is 16.9 Å². The zero-order chi connectivity index (χ0) is 18.2. The number of nitrogens with zero attached hydrogens (tertiary/aromatic N) is 1. The molecule has 0 saturated heterocycles. The minimum atomic E-state index is -0.634. The highest BCUT2D eigenvalue weighted by atomic mass is 16.6. The van der Waals surface area contributed by atoms with Crippen molar-refractivity contribution in [2.45, 2.75) is 26.4 Å². The third-order valence-corrected chi connectivity index (χ3v) is 3.50. The van der Waals surface area contributed by atoms with Crippen LogP contribution >= 0.6 is 0 Å². The summed E-state index contributed by atoms with van der Waals surface area (Å²) in [4.78, 5) is 31.5. The third-order valence-electron chi connectivity index (χ3n) is 3.50. The first-order chi connectivity index (χ1) is 11.7. The van der Waals surface area contributed by atoms with Crippen molar-refractivity contribution in [2.75, 3.05) is 0 Å². The average molecular weight is 338 g/mol. The number of fused-ring (bicyclic) bond motifs is 1. The summed E-state index contributed by atoms with van der Waals surface area (Å²) in [5, 5.41) is 10.6. The highest BCUT2D eigenvalue weighted by Crippen LogP contribution is 2.28. The first-order valence-electron chi connectivity index (χ1n) is 7.80. The molecule has 6 nitrogen and oxygen atoms in total. The Morgan fingerprint density at radius 2 is 1.88 bits per heavy atom. The molecule has 0 spiro atoms. The molecule has 0 aliphatic carbocycles. The minimum absolute atomic E-state index is 0.0919. The molecule has 0 saturated carbocycles. The predicted octanol–water partition coefficient (Wildman–Crippen LogP) is 3.25. The number of ether oxygens (including phenoxy) is 1. The van der Waals surface area contributed by atoms with Gasteiger partial charge in [0.05, 0.1) is 22.0 Å². The van der Waals surface area contributed by atoms with E-state index in [9.17, 15) is 14.7 Å². The van der Waals surface area contributed by atoms with Crippen LogP contribution in [0.15, 0.2) is 47.3 Å². The fourth-order valence-electron chi connectivity index (χ4n) is 2.40. The summed E-state index contributed by atoms with van der Waals surface area (Å²) in [5.41, 5.74) is 0.0701. The molecular weight excluding hydrogens is 320 g/mol. The molecule has 25 heavy (non-hydrogen) atoms. The maximum Gasteiger partial charge on any atom is 0.338 e. The van der Waals surface area contributed by atoms with Crippen molar-refractivity contribution in [2.24, 2.45) is 0 Å². The van der Waals surface area contributed by atoms with Crippen molar-refractivity contribution < 1.29 is 14.6 Å². The van der Waals surface area contributed by atoms with Gasteiger partial charge in [-0.2, -0.15) is 0 Å². The topological polar surface area (TPSA) is 92.3 Å². The molecule has 0 bridgehead atoms. The number of aromatic nitrogens is 2. The Morgan fingerprint density at radius 3 is 2.60 bits per heavy atom. The number of rotatable bonds is 2. The van der Waals surface area contributed by atoms with Gasteiger partial charge in [-0.05, 0) is 51.1 Å². The van der Waals surface area contributed by atoms with Crippen LogP contribution in [-0.2, 0) is 4.74 Å². The fraction of sp³-hybridized carbons (Fsp3) is 0.211. The van der Waals surface area contributed by atoms with Crippen LogP contribution in [0.5, 0.6) is 5.75 Å². The van der Waals surface area contributed by atoms with Crippen molar-refractivity contribution in [1.82, 2.24) is 9.97 Å². The molecule has 0 aliphatic heterocycles. The van der Waals surface area contributed by atoms with Crippen LogP contribution in [0, 0.1) is 0 Å². The van der Waals surface area contributed by atoms with Gasteiger partial charge in [0.1, 0.15) is 17.2 Å². The van der Waals surface area contributed by atoms with E-state index in [-0.39, 0.29) is 28.3 Å². The Hall–Kier alpha value is -3.15. The van der Waals surface area contributed by atoms with Gasteiger partial charge in [-0.3, -0.25) is 4.79 Å². The number of benzene rings is 2. The molecule has 1 heterocycles. The van der Waals surface area contributed by atoms with Gasteiger partial charge >= 0.3 is 5.97 Å². The van der Waals surface area contributed by atoms with Crippen molar-refractivity contribution in [3.05, 3.63) is 58.4 Å². The van der Waals surface area contributed by atoms with E-state index in [1.165, 1.54) is 18.2 Å². The number of hydrogen-bond donors (Lipinski definition) is 2. The number of carbonyl (C=O) groups excluding carboxylic acids is 1. The molecule has 2 N–H and O–H groups in total. The maximum atomic E-state index is 12.2. The first-order valence-corrected chi connectivity index (χ1v) is 7.80. The minimum Gasteiger partial charge on any atom is -0.507 e. The molecule has 0 aliphatic rings. The lowest BCUT2D eigenvalue weighted by molar-refractivity contribution is 0.00696. The standard InChI is InChI=1S/C19H18N2O4/c1-19(2,3)25-18(24)11-8-9-15(22)13(10-11)16-20-14-7-5-4-6-12(14)17(23)21-16/h4-10,22H,1-3H3,(H,20,21,23). The quantitative estimate of drug-likeness (QED) is 0.700. The summed E-state index contributed by atoms with van der Waals surface area (Å²) in [6.45, 7) is 5.32. The molecule has 0 amide bonds. The smallest absolute Gasteiger partial charge is 0.338 e. The number of nitrogens with one attached hydrogen (secondary N) is 1. The molecule has 0 fully saturated rings. The Kier molecular flexibility index (Phi) is 4.04. The number of aromatic amines is 1. The summed E-state index contributed by atoms with van der Waals surface area (Å²) >= 11 is 0. The monoisotopic (exact) mass is 338 g/mol. The molecule has 3 rings (SSSR count). The largest absolute Gasteiger partial charge is 0.507 e. The van der Waals surface area contributed by atoms with Crippen LogP contribution in [0.25, 0.3) is 22.3 Å². The Balaban J connectivity index is 2.10. The zero-order valence-corrected chi connectivity index (χ0v) is 14.2. The second-order valence-corrected chi connectivity index (χ2v) is 6.67. The lowest BCUT2D eigenvalue weighted by Crippen LogP contribution is -2.23. The highest BCUT2D eigenvalue weighted by Gasteiger charge is 2.20. The van der Waals surface area contributed by atoms with E-state index in [0.29, 0.717) is 10.9 Å². The molecule has 0 unspecified atom stereocenters. The van der Waals surface area contributed by atoms with E-state index in [1.54, 1.807) is 45.0 Å². The number of phenolic OH excluding ortho intramolecular Hbond substituents is 1. The fourth-order valence-corrected chi connectivity index (χ4v) is 2.40. The Labute approximate surface area is 144 Å². The van der Waals surface area contributed by atoms with Gasteiger partial charge in [0.2, 0.25) is 0 Å². The number of hydrogen-bond acceptors (Lipinski definition) is 5. The number of esters is 1. The van der Waals surface area contributed by atoms with E-state index >= 15 is 0 Å². The van der Waals surface area contributed by atoms with E-state index in [1.807, 2.05) is 0 Å². The lowest BCUT2D eigenvalue weighted by Gasteiger charge is -2.19. The van der Waals surface area contributed by atoms with Gasteiger partial charge in [0.25, 0.3) is 5.56 Å². The maximum absolute atomic E-state index is 12.2. The molecule has 2 aromatic carbocycles. The molecule has 128 valence electrons. The van der Waals surface area contributed by atoms with Gasteiger partial charge in [0.15, 0.2) is 0 Å². The van der Waals surface area contributed by atoms with Crippen molar-refractivity contribution in [3.8, 4) is 17.1 Å². The van der Waals surface area contributed by atoms with E-state index in [2.05, 4.69) is 9.97 Å². The SMILES string of the molecule is CC(C)(C)OC(=O)c1ccc(O)c(-c2nc3ccccc3c(=O)[nH]2)c1. The van der Waals surface area contributed by atoms with Crippen LogP contribution in [0.3, 0.4) is 0 Å². The Bertz CT molecular complexity index is 1020. The van der Waals surface area contributed by atoms with Crippen LogP contribution in [0.4, 0.5) is 0 Å². The first kappa shape index (κ1) is 16.7. The lowest BCUT2D eigenvalue weighted by atomic mass is 10.1. The molecule has 0 atom stereocenters. The third kappa shape index (κ3) is 3.52. The van der Waals surface area contributed by atoms with Gasteiger partial charge in [-0.15, -0.1) is 0 Å². The Morgan fingerprint density at radius 1 is 1.16 bits per heavy atom. The van der Waals surface area contributed by atoms with E-state index in [0.717, 1.165) is 0 Å². The molecule has 1 aromatic heterocycles. The predicted molar refractivity (Wildman–Crippen MR) is 94.6 cm³/mol. The summed E-state index contributed by atoms with van der Waals surface area (Å²) in [6, 6.07) is 11.2. The summed E-state index contributed by atoms with van der Waals surface area (Å²) in [6.07, 6.45) is 0. The molecule has 0 radical (unpaired) electrons. The highest BCUT2D eigenvalue weighted by molar-refractivity contribution is 5.92. The average Bonchev–Trinajstić information content (AvgIpc) is 2.53. The van der Waals surface area contributed by atoms with Crippen LogP contribution in [0.2, 0.25) is 0 Å². The number of carbonyl (C=O) groups is 1. The summed E-state index contributed by atoms with van der Waals surface area (Å²) in [5.74, 6) is -0.422. The van der Waals surface area contributed by atoms with Crippen LogP contribution in [0.1, 0.15) is 31.1 Å². The normalized spacial score (nSPS) is 11.5. The summed E-state index contributed by atoms with van der Waals surface area (Å²) in [7, 11) is 0. The van der Waals surface area contributed by atoms with Gasteiger partial charge in [0, 0.05) is 0 Å². The zero-order valence-electron chi connectivity index (χ0n) is 14.2. The van der Waals surface area contributed by atoms with Gasteiger partial charge in [-0.25, -0.2) is 9.78 Å². The van der Waals surface area contributed by atoms with Gasteiger partial charge in [-0.1, -0.05) is 12.1 Å². The van der Waals surface area contributed by atoms with E-state index in [4.69, 9.17) is 4.74 Å². The van der Waals surface area contributed by atoms with Crippen LogP contribution < -0.4 is 5.56 Å². The molecule has 3 aromatic rings. The van der Waals surface area contributed by atoms with Crippen LogP contribution in [-0.4, -0.2) is 26.6 Å². The van der Waals surface area contributed by atoms with E-state index < -0.39 is 11.6 Å².